The van der Waals surface area contributed by atoms with E-state index in [1.807, 2.05) is 15.9 Å². The van der Waals surface area contributed by atoms with Gasteiger partial charge in [-0.25, -0.2) is 4.79 Å². The fourth-order valence-electron chi connectivity index (χ4n) is 3.73. The average molecular weight is 386 g/mol. The van der Waals surface area contributed by atoms with Crippen molar-refractivity contribution in [1.82, 2.24) is 19.6 Å². The van der Waals surface area contributed by atoms with Crippen molar-refractivity contribution in [1.29, 1.82) is 0 Å². The van der Waals surface area contributed by atoms with Gasteiger partial charge in [0.15, 0.2) is 0 Å². The highest BCUT2D eigenvalue weighted by Crippen LogP contribution is 2.12. The lowest BCUT2D eigenvalue weighted by atomic mass is 10.2. The number of nitrogens with zero attached hydrogens (tertiary/aromatic N) is 4. The van der Waals surface area contributed by atoms with Gasteiger partial charge in [0.2, 0.25) is 5.91 Å². The van der Waals surface area contributed by atoms with Crippen LogP contribution in [0, 0.1) is 0 Å². The van der Waals surface area contributed by atoms with Crippen LogP contribution >= 0.6 is 0 Å². The number of hydrogen-bond acceptors (Lipinski definition) is 4. The molecule has 2 fully saturated rings. The van der Waals surface area contributed by atoms with Crippen LogP contribution in [-0.4, -0.2) is 89.7 Å². The molecule has 7 nitrogen and oxygen atoms in total. The molecule has 152 valence electrons. The van der Waals surface area contributed by atoms with Crippen LogP contribution in [0.4, 0.5) is 4.79 Å². The first-order chi connectivity index (χ1) is 13.5. The Morgan fingerprint density at radius 3 is 1.86 bits per heavy atom. The Kier molecular flexibility index (Phi) is 7.03. The fourth-order valence-corrected chi connectivity index (χ4v) is 3.73. The van der Waals surface area contributed by atoms with Crippen LogP contribution in [0.25, 0.3) is 0 Å². The monoisotopic (exact) mass is 386 g/mol. The number of urea groups is 1. The number of carbonyl (C=O) groups is 3. The van der Waals surface area contributed by atoms with Crippen LogP contribution in [-0.2, 0) is 16.1 Å². The van der Waals surface area contributed by atoms with Crippen LogP contribution in [0.5, 0.6) is 0 Å². The minimum absolute atomic E-state index is 0.0109. The van der Waals surface area contributed by atoms with Gasteiger partial charge < -0.3 is 19.5 Å². The van der Waals surface area contributed by atoms with Gasteiger partial charge in [0.25, 0.3) is 0 Å². The summed E-state index contributed by atoms with van der Waals surface area (Å²) in [4.78, 5) is 43.9. The van der Waals surface area contributed by atoms with Crippen molar-refractivity contribution in [3.63, 3.8) is 0 Å². The minimum atomic E-state index is 0.0109. The molecule has 7 heteroatoms. The molecule has 3 amide bonds. The third kappa shape index (κ3) is 5.55. The molecule has 28 heavy (non-hydrogen) atoms. The van der Waals surface area contributed by atoms with E-state index in [1.165, 1.54) is 12.5 Å². The van der Waals surface area contributed by atoms with Gasteiger partial charge in [-0.1, -0.05) is 30.3 Å². The van der Waals surface area contributed by atoms with E-state index >= 15 is 0 Å². The molecule has 0 atom stereocenters. The summed E-state index contributed by atoms with van der Waals surface area (Å²) in [5.41, 5.74) is 1.30. The zero-order valence-electron chi connectivity index (χ0n) is 16.7. The van der Waals surface area contributed by atoms with Gasteiger partial charge >= 0.3 is 6.03 Å². The summed E-state index contributed by atoms with van der Waals surface area (Å²) in [7, 11) is 0. The van der Waals surface area contributed by atoms with Gasteiger partial charge in [-0.3, -0.25) is 9.69 Å². The number of hydrogen-bond donors (Lipinski definition) is 0. The number of carbonyl (C=O) groups excluding carboxylic acids is 3. The predicted octanol–water partition coefficient (Wildman–Crippen LogP) is 1.44. The Hall–Kier alpha value is -2.41. The molecule has 0 aliphatic carbocycles. The largest absolute Gasteiger partial charge is 0.339 e. The third-order valence-corrected chi connectivity index (χ3v) is 5.49. The molecule has 0 aromatic heterocycles. The van der Waals surface area contributed by atoms with Gasteiger partial charge in [-0.2, -0.15) is 0 Å². The summed E-state index contributed by atoms with van der Waals surface area (Å²) in [6.45, 7) is 7.89. The first-order valence-electron chi connectivity index (χ1n) is 10.1. The first kappa shape index (κ1) is 20.3. The Labute approximate surface area is 166 Å². The van der Waals surface area contributed by atoms with Crippen molar-refractivity contribution in [2.45, 2.75) is 26.3 Å². The predicted molar refractivity (Wildman–Crippen MR) is 107 cm³/mol. The second-order valence-electron chi connectivity index (χ2n) is 7.60. The molecule has 2 heterocycles. The molecular formula is C21H30N4O3. The number of rotatable bonds is 5. The fraction of sp³-hybridized carbons (Fsp3) is 0.571. The number of amides is 3. The zero-order valence-corrected chi connectivity index (χ0v) is 16.7. The van der Waals surface area contributed by atoms with Crippen LogP contribution in [0.15, 0.2) is 30.3 Å². The number of benzene rings is 1. The van der Waals surface area contributed by atoms with E-state index in [4.69, 9.17) is 0 Å². The summed E-state index contributed by atoms with van der Waals surface area (Å²) in [5, 5.41) is 0. The van der Waals surface area contributed by atoms with Crippen molar-refractivity contribution in [2.24, 2.45) is 0 Å². The molecule has 0 unspecified atom stereocenters. The average Bonchev–Trinajstić information content (AvgIpc) is 2.73. The van der Waals surface area contributed by atoms with Crippen molar-refractivity contribution < 1.29 is 14.4 Å². The van der Waals surface area contributed by atoms with Gasteiger partial charge in [0.1, 0.15) is 5.78 Å². The van der Waals surface area contributed by atoms with Gasteiger partial charge in [0, 0.05) is 71.7 Å². The molecular weight excluding hydrogens is 356 g/mol. The molecule has 1 aromatic rings. The molecule has 3 rings (SSSR count). The maximum absolute atomic E-state index is 12.8. The van der Waals surface area contributed by atoms with Crippen molar-refractivity contribution in [3.05, 3.63) is 35.9 Å². The molecule has 0 bridgehead atoms. The smallest absolute Gasteiger partial charge is 0.320 e. The highest BCUT2D eigenvalue weighted by Gasteiger charge is 2.29. The molecule has 2 aliphatic heterocycles. The molecule has 1 aromatic carbocycles. The summed E-state index contributed by atoms with van der Waals surface area (Å²) in [5.74, 6) is 0.0467. The standard InChI is InChI=1S/C21H30N4O3/c1-18(26)7-8-20(27)23-13-15-25(16-14-23)21(28)24-11-9-22(10-12-24)17-19-5-3-2-4-6-19/h2-6H,7-17H2,1H3. The minimum Gasteiger partial charge on any atom is -0.339 e. The lowest BCUT2D eigenvalue weighted by molar-refractivity contribution is -0.134. The SMILES string of the molecule is CC(=O)CCC(=O)N1CCN(C(=O)N2CCN(Cc3ccccc3)CC2)CC1. The van der Waals surface area contributed by atoms with E-state index in [0.29, 0.717) is 32.6 Å². The van der Waals surface area contributed by atoms with Crippen molar-refractivity contribution >= 4 is 17.7 Å². The summed E-state index contributed by atoms with van der Waals surface area (Å²) in [6.07, 6.45) is 0.567. The van der Waals surface area contributed by atoms with Crippen LogP contribution in [0.1, 0.15) is 25.3 Å². The maximum Gasteiger partial charge on any atom is 0.320 e. The molecule has 0 saturated carbocycles. The second-order valence-corrected chi connectivity index (χ2v) is 7.60. The van der Waals surface area contributed by atoms with Crippen LogP contribution in [0.2, 0.25) is 0 Å². The topological polar surface area (TPSA) is 64.2 Å². The highest BCUT2D eigenvalue weighted by molar-refractivity contribution is 5.83. The van der Waals surface area contributed by atoms with Crippen molar-refractivity contribution in [2.75, 3.05) is 52.4 Å². The second kappa shape index (κ2) is 9.68. The van der Waals surface area contributed by atoms with E-state index in [1.54, 1.807) is 4.90 Å². The Morgan fingerprint density at radius 2 is 1.29 bits per heavy atom. The quantitative estimate of drug-likeness (QED) is 0.768. The number of Topliss-reactive ketones (excluding diaryl/α,β-unsaturated/α-hetero) is 1. The lowest BCUT2D eigenvalue weighted by Gasteiger charge is -2.40. The number of ketones is 1. The van der Waals surface area contributed by atoms with E-state index in [-0.39, 0.29) is 24.1 Å². The Balaban J connectivity index is 1.40. The van der Waals surface area contributed by atoms with Crippen LogP contribution < -0.4 is 0 Å². The Morgan fingerprint density at radius 1 is 0.750 bits per heavy atom. The lowest BCUT2D eigenvalue weighted by Crippen LogP contribution is -2.57. The molecule has 0 spiro atoms. The molecule has 0 radical (unpaired) electrons. The van der Waals surface area contributed by atoms with Gasteiger partial charge in [-0.05, 0) is 12.5 Å². The van der Waals surface area contributed by atoms with E-state index < -0.39 is 0 Å². The normalized spacial score (nSPS) is 18.2. The number of piperazine rings is 2. The Bertz CT molecular complexity index is 678. The van der Waals surface area contributed by atoms with Crippen molar-refractivity contribution in [3.8, 4) is 0 Å². The maximum atomic E-state index is 12.8. The first-order valence-corrected chi connectivity index (χ1v) is 10.1. The van der Waals surface area contributed by atoms with E-state index in [0.717, 1.165) is 32.7 Å². The highest BCUT2D eigenvalue weighted by atomic mass is 16.2. The van der Waals surface area contributed by atoms with E-state index in [9.17, 15) is 14.4 Å². The molecule has 0 N–H and O–H groups in total. The van der Waals surface area contributed by atoms with Gasteiger partial charge in [0.05, 0.1) is 0 Å². The molecule has 2 aliphatic rings. The summed E-state index contributed by atoms with van der Waals surface area (Å²) >= 11 is 0. The van der Waals surface area contributed by atoms with Gasteiger partial charge in [-0.15, -0.1) is 0 Å². The van der Waals surface area contributed by atoms with Crippen LogP contribution in [0.3, 0.4) is 0 Å². The zero-order chi connectivity index (χ0) is 19.9. The summed E-state index contributed by atoms with van der Waals surface area (Å²) in [6, 6.07) is 10.5. The summed E-state index contributed by atoms with van der Waals surface area (Å²) < 4.78 is 0. The molecule has 2 saturated heterocycles. The third-order valence-electron chi connectivity index (χ3n) is 5.49. The van der Waals surface area contributed by atoms with E-state index in [2.05, 4.69) is 29.2 Å².